The summed E-state index contributed by atoms with van der Waals surface area (Å²) in [6.07, 6.45) is 2.81. The van der Waals surface area contributed by atoms with Crippen LogP contribution in [0.25, 0.3) is 0 Å². The van der Waals surface area contributed by atoms with Gasteiger partial charge in [0.1, 0.15) is 17.4 Å². The molecule has 4 rings (SSSR count). The molecule has 9 heteroatoms. The van der Waals surface area contributed by atoms with Crippen LogP contribution in [0.1, 0.15) is 40.9 Å². The standard InChI is InChI=1S/C23H29N3O5S/c1-30-19-13-20(27)25-11-10-24(14-16-7-12-32-15-16)9-6-17(25)21(19)22(28)26-8-4-3-5-18(26)23(29)31-2/h7,12-13,15,18H,3-6,8-11,14H2,1-2H3/t18-/m1/s1. The number of likely N-dealkylation sites (tertiary alicyclic amines) is 1. The van der Waals surface area contributed by atoms with Crippen LogP contribution in [0.5, 0.6) is 5.75 Å². The van der Waals surface area contributed by atoms with Crippen molar-refractivity contribution >= 4 is 23.2 Å². The number of rotatable bonds is 5. The van der Waals surface area contributed by atoms with E-state index in [1.807, 2.05) is 0 Å². The second-order valence-electron chi connectivity index (χ2n) is 8.22. The molecule has 1 fully saturated rings. The summed E-state index contributed by atoms with van der Waals surface area (Å²) in [6.45, 7) is 3.23. The number of hydrogen-bond acceptors (Lipinski definition) is 7. The molecular weight excluding hydrogens is 430 g/mol. The number of carbonyl (C=O) groups is 2. The minimum Gasteiger partial charge on any atom is -0.496 e. The number of piperidine rings is 1. The topological polar surface area (TPSA) is 81.1 Å². The fourth-order valence-electron chi connectivity index (χ4n) is 4.68. The maximum Gasteiger partial charge on any atom is 0.328 e. The fraction of sp³-hybridized carbons (Fsp3) is 0.522. The highest BCUT2D eigenvalue weighted by atomic mass is 32.1. The van der Waals surface area contributed by atoms with Crippen LogP contribution in [0.3, 0.4) is 0 Å². The summed E-state index contributed by atoms with van der Waals surface area (Å²) in [4.78, 5) is 42.9. The SMILES string of the molecule is COC(=O)[C@H]1CCCCN1C(=O)c1c(OC)cc(=O)n2c1CCN(Cc1ccsc1)CC2. The quantitative estimate of drug-likeness (QED) is 0.638. The maximum atomic E-state index is 13.8. The highest BCUT2D eigenvalue weighted by Gasteiger charge is 2.36. The maximum absolute atomic E-state index is 13.8. The van der Waals surface area contributed by atoms with Crippen molar-refractivity contribution < 1.29 is 19.1 Å². The first-order chi connectivity index (χ1) is 15.5. The molecule has 32 heavy (non-hydrogen) atoms. The number of esters is 1. The van der Waals surface area contributed by atoms with E-state index in [4.69, 9.17) is 9.47 Å². The van der Waals surface area contributed by atoms with Crippen molar-refractivity contribution in [2.45, 2.75) is 44.8 Å². The largest absolute Gasteiger partial charge is 0.496 e. The molecule has 0 saturated carbocycles. The van der Waals surface area contributed by atoms with Gasteiger partial charge in [0.05, 0.1) is 14.2 Å². The number of pyridine rings is 1. The van der Waals surface area contributed by atoms with Gasteiger partial charge in [-0.3, -0.25) is 14.5 Å². The van der Waals surface area contributed by atoms with Crippen LogP contribution >= 0.6 is 11.3 Å². The average molecular weight is 460 g/mol. The van der Waals surface area contributed by atoms with Gasteiger partial charge in [-0.2, -0.15) is 11.3 Å². The van der Waals surface area contributed by atoms with E-state index in [1.165, 1.54) is 25.8 Å². The lowest BCUT2D eigenvalue weighted by molar-refractivity contribution is -0.147. The highest BCUT2D eigenvalue weighted by Crippen LogP contribution is 2.28. The molecule has 2 aromatic heterocycles. The Kier molecular flexibility index (Phi) is 6.95. The molecule has 0 N–H and O–H groups in total. The molecule has 0 radical (unpaired) electrons. The number of hydrogen-bond donors (Lipinski definition) is 0. The van der Waals surface area contributed by atoms with E-state index < -0.39 is 12.0 Å². The minimum absolute atomic E-state index is 0.172. The van der Waals surface area contributed by atoms with Crippen LogP contribution in [0.2, 0.25) is 0 Å². The molecule has 1 amide bonds. The van der Waals surface area contributed by atoms with Gasteiger partial charge in [-0.05, 0) is 41.7 Å². The van der Waals surface area contributed by atoms with Crippen LogP contribution in [0.15, 0.2) is 27.7 Å². The Morgan fingerprint density at radius 1 is 1.16 bits per heavy atom. The first-order valence-corrected chi connectivity index (χ1v) is 11.9. The van der Waals surface area contributed by atoms with Gasteiger partial charge in [-0.15, -0.1) is 0 Å². The summed E-state index contributed by atoms with van der Waals surface area (Å²) in [6, 6.07) is 2.89. The van der Waals surface area contributed by atoms with Gasteiger partial charge in [0.2, 0.25) is 0 Å². The van der Waals surface area contributed by atoms with Crippen molar-refractivity contribution in [3.05, 3.63) is 50.1 Å². The van der Waals surface area contributed by atoms with Gasteiger partial charge in [-0.25, -0.2) is 4.79 Å². The molecule has 2 aliphatic heterocycles. The van der Waals surface area contributed by atoms with E-state index >= 15 is 0 Å². The minimum atomic E-state index is -0.612. The molecule has 172 valence electrons. The van der Waals surface area contributed by atoms with Crippen molar-refractivity contribution in [2.75, 3.05) is 33.9 Å². The lowest BCUT2D eigenvalue weighted by Gasteiger charge is -2.34. The predicted octanol–water partition coefficient (Wildman–Crippen LogP) is 2.14. The van der Waals surface area contributed by atoms with Gasteiger partial charge in [0.15, 0.2) is 0 Å². The van der Waals surface area contributed by atoms with Crippen molar-refractivity contribution in [3.8, 4) is 5.75 Å². The first kappa shape index (κ1) is 22.5. The molecule has 0 aliphatic carbocycles. The predicted molar refractivity (Wildman–Crippen MR) is 121 cm³/mol. The van der Waals surface area contributed by atoms with Gasteiger partial charge in [0.25, 0.3) is 11.5 Å². The third-order valence-electron chi connectivity index (χ3n) is 6.34. The highest BCUT2D eigenvalue weighted by molar-refractivity contribution is 7.07. The molecule has 1 saturated heterocycles. The van der Waals surface area contributed by atoms with Gasteiger partial charge < -0.3 is 18.9 Å². The summed E-state index contributed by atoms with van der Waals surface area (Å²) in [5.74, 6) is -0.406. The molecule has 0 aromatic carbocycles. The monoisotopic (exact) mass is 459 g/mol. The van der Waals surface area contributed by atoms with E-state index in [1.54, 1.807) is 20.8 Å². The normalized spacial score (nSPS) is 19.2. The number of carbonyl (C=O) groups excluding carboxylic acids is 2. The number of thiophene rings is 1. The van der Waals surface area contributed by atoms with E-state index in [2.05, 4.69) is 21.7 Å². The second kappa shape index (κ2) is 9.87. The molecule has 2 aromatic rings. The number of amides is 1. The van der Waals surface area contributed by atoms with Gasteiger partial charge in [0, 0.05) is 50.9 Å². The second-order valence-corrected chi connectivity index (χ2v) is 9.00. The number of methoxy groups -OCH3 is 2. The Bertz CT molecular complexity index is 1030. The summed E-state index contributed by atoms with van der Waals surface area (Å²) >= 11 is 1.67. The van der Waals surface area contributed by atoms with E-state index in [0.717, 1.165) is 32.5 Å². The molecule has 2 aliphatic rings. The van der Waals surface area contributed by atoms with Crippen LogP contribution in [-0.2, 0) is 29.0 Å². The Labute approximate surface area is 191 Å². The lowest BCUT2D eigenvalue weighted by atomic mass is 9.99. The molecule has 0 spiro atoms. The number of ether oxygens (including phenoxy) is 2. The van der Waals surface area contributed by atoms with Crippen LogP contribution < -0.4 is 10.3 Å². The number of nitrogens with zero attached hydrogens (tertiary/aromatic N) is 3. The zero-order chi connectivity index (χ0) is 22.7. The third-order valence-corrected chi connectivity index (χ3v) is 7.08. The van der Waals surface area contributed by atoms with Gasteiger partial charge >= 0.3 is 5.97 Å². The van der Waals surface area contributed by atoms with Crippen molar-refractivity contribution in [2.24, 2.45) is 0 Å². The van der Waals surface area contributed by atoms with E-state index in [-0.39, 0.29) is 17.2 Å². The first-order valence-electron chi connectivity index (χ1n) is 11.0. The molecule has 4 heterocycles. The number of aromatic nitrogens is 1. The van der Waals surface area contributed by atoms with E-state index in [0.29, 0.717) is 37.2 Å². The smallest absolute Gasteiger partial charge is 0.328 e. The van der Waals surface area contributed by atoms with Crippen molar-refractivity contribution in [3.63, 3.8) is 0 Å². The van der Waals surface area contributed by atoms with Crippen LogP contribution in [0.4, 0.5) is 0 Å². The van der Waals surface area contributed by atoms with Crippen molar-refractivity contribution in [1.82, 2.24) is 14.4 Å². The molecule has 0 bridgehead atoms. The van der Waals surface area contributed by atoms with Crippen LogP contribution in [0, 0.1) is 0 Å². The Balaban J connectivity index is 1.68. The summed E-state index contributed by atoms with van der Waals surface area (Å²) < 4.78 is 12.1. The zero-order valence-electron chi connectivity index (χ0n) is 18.5. The van der Waals surface area contributed by atoms with Crippen molar-refractivity contribution in [1.29, 1.82) is 0 Å². The Morgan fingerprint density at radius 2 is 2.00 bits per heavy atom. The molecular formula is C23H29N3O5S. The third kappa shape index (κ3) is 4.45. The lowest BCUT2D eigenvalue weighted by Crippen LogP contribution is -2.49. The van der Waals surface area contributed by atoms with Gasteiger partial charge in [-0.1, -0.05) is 0 Å². The Morgan fingerprint density at radius 3 is 2.72 bits per heavy atom. The molecule has 0 unspecified atom stereocenters. The molecule has 8 nitrogen and oxygen atoms in total. The molecule has 1 atom stereocenters. The summed E-state index contributed by atoms with van der Waals surface area (Å²) in [7, 11) is 2.81. The Hall–Kier alpha value is -2.65. The summed E-state index contributed by atoms with van der Waals surface area (Å²) in [5.41, 5.74) is 2.15. The van der Waals surface area contributed by atoms with E-state index in [9.17, 15) is 14.4 Å². The summed E-state index contributed by atoms with van der Waals surface area (Å²) in [5, 5.41) is 4.19. The number of fused-ring (bicyclic) bond motifs is 1. The fourth-order valence-corrected chi connectivity index (χ4v) is 5.34. The zero-order valence-corrected chi connectivity index (χ0v) is 19.4. The van der Waals surface area contributed by atoms with Crippen LogP contribution in [-0.4, -0.2) is 66.1 Å². The average Bonchev–Trinajstić information content (AvgIpc) is 3.24.